The van der Waals surface area contributed by atoms with Gasteiger partial charge >= 0.3 is 22.4 Å². The molecule has 0 radical (unpaired) electrons. The minimum atomic E-state index is -4.67. The molecule has 0 bridgehead atoms. The number of alkyl halides is 3. The summed E-state index contributed by atoms with van der Waals surface area (Å²) in [6.07, 6.45) is 7.60. The Balaban J connectivity index is 1.30. The number of carbonyl (C=O) groups is 1. The summed E-state index contributed by atoms with van der Waals surface area (Å²) in [5.41, 5.74) is 0.916. The van der Waals surface area contributed by atoms with E-state index in [9.17, 15) is 26.4 Å². The molecule has 2 aromatic carbocycles. The molecule has 4 aromatic rings. The lowest BCUT2D eigenvalue weighted by molar-refractivity contribution is -0.137. The number of hydrogen-bond acceptors (Lipinski definition) is 5. The maximum atomic E-state index is 13.2. The van der Waals surface area contributed by atoms with Crippen molar-refractivity contribution in [2.45, 2.75) is 6.18 Å². The Morgan fingerprint density at radius 1 is 1.02 bits per heavy atom. The number of fused-ring (bicyclic) bond motifs is 1. The fourth-order valence-corrected chi connectivity index (χ4v) is 5.75. The highest BCUT2D eigenvalue weighted by Crippen LogP contribution is 2.36. The number of nitrogens with one attached hydrogen (secondary N) is 3. The van der Waals surface area contributed by atoms with Crippen molar-refractivity contribution >= 4 is 50.1 Å². The van der Waals surface area contributed by atoms with Crippen molar-refractivity contribution < 1.29 is 26.4 Å². The highest BCUT2D eigenvalue weighted by molar-refractivity contribution is 7.88. The maximum absolute atomic E-state index is 13.2. The van der Waals surface area contributed by atoms with Gasteiger partial charge in [0.1, 0.15) is 0 Å². The van der Waals surface area contributed by atoms with Gasteiger partial charge in [-0.1, -0.05) is 35.9 Å². The molecule has 1 aliphatic rings. The lowest BCUT2D eigenvalue weighted by Crippen LogP contribution is -2.35. The fourth-order valence-electron chi connectivity index (χ4n) is 4.38. The van der Waals surface area contributed by atoms with Gasteiger partial charge in [-0.05, 0) is 54.2 Å². The Morgan fingerprint density at radius 2 is 1.76 bits per heavy atom. The average Bonchev–Trinajstić information content (AvgIpc) is 3.35. The zero-order valence-corrected chi connectivity index (χ0v) is 23.3. The van der Waals surface area contributed by atoms with Gasteiger partial charge in [0.2, 0.25) is 0 Å². The Bertz CT molecular complexity index is 1790. The molecule has 3 heterocycles. The van der Waals surface area contributed by atoms with Crippen molar-refractivity contribution in [1.82, 2.24) is 18.6 Å². The van der Waals surface area contributed by atoms with Gasteiger partial charge in [-0.25, -0.2) is 8.77 Å². The van der Waals surface area contributed by atoms with Gasteiger partial charge in [-0.2, -0.15) is 26.3 Å². The molecule has 1 aliphatic heterocycles. The number of amides is 2. The van der Waals surface area contributed by atoms with Crippen LogP contribution in [0.5, 0.6) is 0 Å². The summed E-state index contributed by atoms with van der Waals surface area (Å²) in [6.45, 7) is 1.40. The molecule has 2 aromatic heterocycles. The van der Waals surface area contributed by atoms with Crippen molar-refractivity contribution in [1.29, 1.82) is 0 Å². The van der Waals surface area contributed by atoms with E-state index < -0.39 is 33.0 Å². The topological polar surface area (TPSA) is 108 Å². The molecule has 218 valence electrons. The first kappa shape index (κ1) is 29.2. The van der Waals surface area contributed by atoms with Crippen LogP contribution in [0.1, 0.15) is 5.56 Å². The largest absolute Gasteiger partial charge is 0.417 e. The number of rotatable bonds is 8. The summed E-state index contributed by atoms with van der Waals surface area (Å²) in [7, 11) is -3.92. The van der Waals surface area contributed by atoms with Gasteiger partial charge in [-0.15, -0.1) is 0 Å². The molecule has 5 rings (SSSR count). The number of nitrogens with zero attached hydrogens (tertiary/aromatic N) is 3. The van der Waals surface area contributed by atoms with Gasteiger partial charge < -0.3 is 15.5 Å². The van der Waals surface area contributed by atoms with E-state index in [4.69, 9.17) is 11.6 Å². The van der Waals surface area contributed by atoms with Crippen LogP contribution in [-0.4, -0.2) is 47.9 Å². The van der Waals surface area contributed by atoms with Crippen LogP contribution < -0.4 is 15.4 Å². The number of anilines is 2. The third-order valence-electron chi connectivity index (χ3n) is 6.38. The predicted octanol–water partition coefficient (Wildman–Crippen LogP) is 6.09. The summed E-state index contributed by atoms with van der Waals surface area (Å²) >= 11 is 5.63. The number of hydrogen-bond donors (Lipinski definition) is 3. The Labute approximate surface area is 244 Å². The lowest BCUT2D eigenvalue weighted by Gasteiger charge is -2.20. The van der Waals surface area contributed by atoms with Gasteiger partial charge in [-0.3, -0.25) is 4.98 Å². The monoisotopic (exact) mass is 616 g/mol. The first-order chi connectivity index (χ1) is 20.0. The molecule has 3 N–H and O–H groups in total. The maximum Gasteiger partial charge on any atom is 0.417 e. The number of carbonyl (C=O) groups excluding carboxylic acids is 1. The third kappa shape index (κ3) is 6.59. The molecule has 2 amide bonds. The van der Waals surface area contributed by atoms with E-state index >= 15 is 0 Å². The predicted molar refractivity (Wildman–Crippen MR) is 156 cm³/mol. The lowest BCUT2D eigenvalue weighted by atomic mass is 10.1. The normalized spacial score (nSPS) is 13.5. The van der Waals surface area contributed by atoms with Crippen LogP contribution in [0.3, 0.4) is 0 Å². The van der Waals surface area contributed by atoms with E-state index in [1.54, 1.807) is 36.5 Å². The molecular formula is C28H24ClF3N6O3S. The van der Waals surface area contributed by atoms with E-state index in [-0.39, 0.29) is 12.2 Å². The third-order valence-corrected chi connectivity index (χ3v) is 8.10. The van der Waals surface area contributed by atoms with E-state index in [1.165, 1.54) is 22.4 Å². The summed E-state index contributed by atoms with van der Waals surface area (Å²) in [4.78, 5) is 18.6. The fraction of sp³-hybridized carbons (Fsp3) is 0.143. The summed E-state index contributed by atoms with van der Waals surface area (Å²) < 4.78 is 69.6. The van der Waals surface area contributed by atoms with E-state index in [1.807, 2.05) is 29.3 Å². The second-order valence-electron chi connectivity index (χ2n) is 9.24. The number of aromatic nitrogens is 2. The number of benzene rings is 2. The molecule has 0 spiro atoms. The standard InChI is InChI=1S/C28H24ClF3N6O3S/c29-25-9-8-21(16-24(25)28(30,31)32)36-27(39)35-20-6-4-19(5-7-20)23-18-38(26-10-11-33-17-22(23)26)42(40,41)34-12-15-37-13-2-1-3-14-37/h1-11,13,16-18,34H,12,14-15H2,(H2,35,36,39). The summed E-state index contributed by atoms with van der Waals surface area (Å²) in [5, 5.41) is 5.04. The highest BCUT2D eigenvalue weighted by Gasteiger charge is 2.33. The van der Waals surface area contributed by atoms with Crippen molar-refractivity contribution in [3.63, 3.8) is 0 Å². The van der Waals surface area contributed by atoms with Crippen LogP contribution in [-0.2, 0) is 16.4 Å². The molecular weight excluding hydrogens is 593 g/mol. The second kappa shape index (κ2) is 11.9. The molecule has 42 heavy (non-hydrogen) atoms. The molecule has 9 nitrogen and oxygen atoms in total. The second-order valence-corrected chi connectivity index (χ2v) is 11.3. The van der Waals surface area contributed by atoms with Gasteiger partial charge in [0.05, 0.1) is 16.1 Å². The van der Waals surface area contributed by atoms with Crippen molar-refractivity contribution in [2.24, 2.45) is 0 Å². The zero-order chi connectivity index (χ0) is 29.9. The van der Waals surface area contributed by atoms with E-state index in [0.717, 1.165) is 12.1 Å². The summed E-state index contributed by atoms with van der Waals surface area (Å²) in [5.74, 6) is 0. The first-order valence-electron chi connectivity index (χ1n) is 12.6. The van der Waals surface area contributed by atoms with Crippen LogP contribution in [0.15, 0.2) is 91.5 Å². The number of allylic oxidation sites excluding steroid dienone is 2. The summed E-state index contributed by atoms with van der Waals surface area (Å²) in [6, 6.07) is 10.5. The molecule has 0 unspecified atom stereocenters. The van der Waals surface area contributed by atoms with Crippen LogP contribution in [0.25, 0.3) is 22.0 Å². The Hall–Kier alpha value is -4.33. The molecule has 0 saturated heterocycles. The van der Waals surface area contributed by atoms with Crippen molar-refractivity contribution in [2.75, 3.05) is 30.3 Å². The van der Waals surface area contributed by atoms with E-state index in [2.05, 4.69) is 20.3 Å². The Kier molecular flexibility index (Phi) is 8.25. The van der Waals surface area contributed by atoms with Gasteiger partial charge in [0, 0.05) is 60.5 Å². The SMILES string of the molecule is O=C(Nc1ccc(-c2cn(S(=O)(=O)NCCN3C=CC=CC3)c3ccncc23)cc1)Nc1ccc(Cl)c(C(F)(F)F)c1. The molecule has 0 aliphatic carbocycles. The Morgan fingerprint density at radius 3 is 2.48 bits per heavy atom. The zero-order valence-electron chi connectivity index (χ0n) is 21.8. The van der Waals surface area contributed by atoms with Crippen LogP contribution in [0.4, 0.5) is 29.3 Å². The smallest absolute Gasteiger partial charge is 0.372 e. The first-order valence-corrected chi connectivity index (χ1v) is 14.4. The number of pyridine rings is 1. The van der Waals surface area contributed by atoms with E-state index in [0.29, 0.717) is 40.8 Å². The molecule has 0 atom stereocenters. The quantitative estimate of drug-likeness (QED) is 0.222. The van der Waals surface area contributed by atoms with Crippen LogP contribution >= 0.6 is 11.6 Å². The molecule has 0 fully saturated rings. The average molecular weight is 617 g/mol. The highest BCUT2D eigenvalue weighted by atomic mass is 35.5. The minimum Gasteiger partial charge on any atom is -0.372 e. The van der Waals surface area contributed by atoms with Crippen LogP contribution in [0.2, 0.25) is 5.02 Å². The van der Waals surface area contributed by atoms with Gasteiger partial charge in [0.15, 0.2) is 0 Å². The number of urea groups is 1. The van der Waals surface area contributed by atoms with Crippen LogP contribution in [0, 0.1) is 0 Å². The molecule has 0 saturated carbocycles. The van der Waals surface area contributed by atoms with Crippen molar-refractivity contribution in [3.8, 4) is 11.1 Å². The van der Waals surface area contributed by atoms with Gasteiger partial charge in [0.25, 0.3) is 0 Å². The molecule has 14 heteroatoms. The number of halogens is 4. The minimum absolute atomic E-state index is 0.0831. The van der Waals surface area contributed by atoms with Crippen molar-refractivity contribution in [3.05, 3.63) is 102 Å².